The van der Waals surface area contributed by atoms with Gasteiger partial charge in [0.1, 0.15) is 0 Å². The average molecular weight is 226 g/mol. The SMILES string of the molecule is CC(C)(N)CCN1CCC(C(C)(C)C)CC1. The molecular weight excluding hydrogens is 196 g/mol. The van der Waals surface area contributed by atoms with E-state index in [1.807, 2.05) is 0 Å². The molecule has 1 aliphatic rings. The Kier molecular flexibility index (Phi) is 4.42. The van der Waals surface area contributed by atoms with E-state index >= 15 is 0 Å². The fraction of sp³-hybridized carbons (Fsp3) is 1.00. The van der Waals surface area contributed by atoms with Gasteiger partial charge in [0.15, 0.2) is 0 Å². The molecule has 0 radical (unpaired) electrons. The van der Waals surface area contributed by atoms with E-state index in [4.69, 9.17) is 5.73 Å². The van der Waals surface area contributed by atoms with Gasteiger partial charge in [0, 0.05) is 5.54 Å². The van der Waals surface area contributed by atoms with E-state index in [9.17, 15) is 0 Å². The van der Waals surface area contributed by atoms with Gasteiger partial charge >= 0.3 is 0 Å². The fourth-order valence-electron chi connectivity index (χ4n) is 2.47. The van der Waals surface area contributed by atoms with Gasteiger partial charge in [0.25, 0.3) is 0 Å². The third-order valence-corrected chi connectivity index (χ3v) is 3.88. The van der Waals surface area contributed by atoms with E-state index in [0.717, 1.165) is 12.3 Å². The molecule has 1 rings (SSSR count). The number of hydrogen-bond acceptors (Lipinski definition) is 2. The van der Waals surface area contributed by atoms with Gasteiger partial charge in [0.05, 0.1) is 0 Å². The van der Waals surface area contributed by atoms with Crippen LogP contribution in [0.25, 0.3) is 0 Å². The third-order valence-electron chi connectivity index (χ3n) is 3.88. The van der Waals surface area contributed by atoms with Gasteiger partial charge in [-0.2, -0.15) is 0 Å². The predicted molar refractivity (Wildman–Crippen MR) is 71.5 cm³/mol. The van der Waals surface area contributed by atoms with Crippen LogP contribution < -0.4 is 5.73 Å². The Morgan fingerprint density at radius 1 is 1.06 bits per heavy atom. The fourth-order valence-corrected chi connectivity index (χ4v) is 2.47. The van der Waals surface area contributed by atoms with E-state index in [0.29, 0.717) is 5.41 Å². The van der Waals surface area contributed by atoms with Gasteiger partial charge in [-0.05, 0) is 64.1 Å². The second-order valence-corrected chi connectivity index (χ2v) is 7.22. The Bertz CT molecular complexity index is 202. The Balaban J connectivity index is 2.28. The maximum atomic E-state index is 6.02. The highest BCUT2D eigenvalue weighted by molar-refractivity contribution is 4.82. The minimum absolute atomic E-state index is 0.0130. The molecule has 16 heavy (non-hydrogen) atoms. The molecule has 0 unspecified atom stereocenters. The molecule has 0 amide bonds. The molecule has 1 saturated heterocycles. The van der Waals surface area contributed by atoms with Crippen molar-refractivity contribution in [2.24, 2.45) is 17.1 Å². The van der Waals surface area contributed by atoms with E-state index in [1.165, 1.54) is 32.5 Å². The van der Waals surface area contributed by atoms with Crippen molar-refractivity contribution in [1.82, 2.24) is 4.90 Å². The molecule has 0 spiro atoms. The third kappa shape index (κ3) is 4.84. The summed E-state index contributed by atoms with van der Waals surface area (Å²) in [4.78, 5) is 2.58. The van der Waals surface area contributed by atoms with Crippen LogP contribution in [-0.4, -0.2) is 30.1 Å². The quantitative estimate of drug-likeness (QED) is 0.802. The molecule has 96 valence electrons. The summed E-state index contributed by atoms with van der Waals surface area (Å²) < 4.78 is 0. The first-order valence-corrected chi connectivity index (χ1v) is 6.70. The smallest absolute Gasteiger partial charge is 0.0109 e. The average Bonchev–Trinajstić information content (AvgIpc) is 2.13. The molecule has 1 heterocycles. The van der Waals surface area contributed by atoms with E-state index in [2.05, 4.69) is 39.5 Å². The van der Waals surface area contributed by atoms with Crippen LogP contribution >= 0.6 is 0 Å². The largest absolute Gasteiger partial charge is 0.326 e. The number of rotatable bonds is 3. The first kappa shape index (κ1) is 14.0. The molecule has 0 aromatic carbocycles. The lowest BCUT2D eigenvalue weighted by molar-refractivity contribution is 0.108. The van der Waals surface area contributed by atoms with E-state index in [1.54, 1.807) is 0 Å². The Morgan fingerprint density at radius 3 is 1.94 bits per heavy atom. The minimum Gasteiger partial charge on any atom is -0.326 e. The van der Waals surface area contributed by atoms with Crippen LogP contribution in [-0.2, 0) is 0 Å². The standard InChI is InChI=1S/C14H30N2/c1-13(2,3)12-6-9-16(10-7-12)11-8-14(4,5)15/h12H,6-11,15H2,1-5H3. The zero-order chi connectivity index (χ0) is 12.4. The van der Waals surface area contributed by atoms with Gasteiger partial charge in [-0.3, -0.25) is 0 Å². The van der Waals surface area contributed by atoms with Crippen molar-refractivity contribution < 1.29 is 0 Å². The summed E-state index contributed by atoms with van der Waals surface area (Å²) in [5, 5.41) is 0. The van der Waals surface area contributed by atoms with E-state index < -0.39 is 0 Å². The van der Waals surface area contributed by atoms with Gasteiger partial charge in [-0.1, -0.05) is 20.8 Å². The van der Waals surface area contributed by atoms with Crippen LogP contribution in [0.3, 0.4) is 0 Å². The van der Waals surface area contributed by atoms with Crippen LogP contribution in [0.4, 0.5) is 0 Å². The molecule has 1 fully saturated rings. The van der Waals surface area contributed by atoms with Crippen LogP contribution in [0.15, 0.2) is 0 Å². The topological polar surface area (TPSA) is 29.3 Å². The maximum Gasteiger partial charge on any atom is 0.0109 e. The second-order valence-electron chi connectivity index (χ2n) is 7.22. The minimum atomic E-state index is -0.0130. The summed E-state index contributed by atoms with van der Waals surface area (Å²) >= 11 is 0. The number of piperidine rings is 1. The monoisotopic (exact) mass is 226 g/mol. The highest BCUT2D eigenvalue weighted by atomic mass is 15.1. The molecule has 0 atom stereocenters. The Hall–Kier alpha value is -0.0800. The normalized spacial score (nSPS) is 21.4. The van der Waals surface area contributed by atoms with Crippen LogP contribution in [0.5, 0.6) is 0 Å². The summed E-state index contributed by atoms with van der Waals surface area (Å²) in [5.41, 5.74) is 6.49. The lowest BCUT2D eigenvalue weighted by Crippen LogP contribution is -2.42. The second kappa shape index (κ2) is 5.05. The Labute approximate surface area is 102 Å². The van der Waals surface area contributed by atoms with Gasteiger partial charge in [-0.25, -0.2) is 0 Å². The van der Waals surface area contributed by atoms with Crippen molar-refractivity contribution in [3.8, 4) is 0 Å². The first-order valence-electron chi connectivity index (χ1n) is 6.70. The molecule has 0 bridgehead atoms. The van der Waals surface area contributed by atoms with Gasteiger partial charge in [-0.15, -0.1) is 0 Å². The van der Waals surface area contributed by atoms with Crippen molar-refractivity contribution >= 4 is 0 Å². The summed E-state index contributed by atoms with van der Waals surface area (Å²) in [6, 6.07) is 0. The number of nitrogens with two attached hydrogens (primary N) is 1. The molecule has 1 aliphatic heterocycles. The van der Waals surface area contributed by atoms with Crippen LogP contribution in [0.2, 0.25) is 0 Å². The molecule has 2 heteroatoms. The zero-order valence-corrected chi connectivity index (χ0v) is 11.8. The molecule has 0 aromatic rings. The predicted octanol–water partition coefficient (Wildman–Crippen LogP) is 2.87. The first-order chi connectivity index (χ1) is 7.18. The van der Waals surface area contributed by atoms with E-state index in [-0.39, 0.29) is 5.54 Å². The number of hydrogen-bond donors (Lipinski definition) is 1. The van der Waals surface area contributed by atoms with Crippen molar-refractivity contribution in [2.45, 2.75) is 59.4 Å². The lowest BCUT2D eigenvalue weighted by atomic mass is 9.75. The molecule has 2 nitrogen and oxygen atoms in total. The zero-order valence-electron chi connectivity index (χ0n) is 11.8. The van der Waals surface area contributed by atoms with Crippen molar-refractivity contribution in [3.63, 3.8) is 0 Å². The highest BCUT2D eigenvalue weighted by Crippen LogP contribution is 2.34. The van der Waals surface area contributed by atoms with Crippen molar-refractivity contribution in [3.05, 3.63) is 0 Å². The summed E-state index contributed by atoms with van der Waals surface area (Å²) in [6.45, 7) is 15.0. The maximum absolute atomic E-state index is 6.02. The molecule has 0 aliphatic carbocycles. The molecular formula is C14H30N2. The lowest BCUT2D eigenvalue weighted by Gasteiger charge is -2.39. The van der Waals surface area contributed by atoms with Crippen molar-refractivity contribution in [1.29, 1.82) is 0 Å². The number of nitrogens with zero attached hydrogens (tertiary/aromatic N) is 1. The van der Waals surface area contributed by atoms with Gasteiger partial charge < -0.3 is 10.6 Å². The van der Waals surface area contributed by atoms with Crippen molar-refractivity contribution in [2.75, 3.05) is 19.6 Å². The highest BCUT2D eigenvalue weighted by Gasteiger charge is 2.28. The number of likely N-dealkylation sites (tertiary alicyclic amines) is 1. The Morgan fingerprint density at radius 2 is 1.56 bits per heavy atom. The molecule has 2 N–H and O–H groups in total. The van der Waals surface area contributed by atoms with Gasteiger partial charge in [0.2, 0.25) is 0 Å². The summed E-state index contributed by atoms with van der Waals surface area (Å²) in [5.74, 6) is 0.898. The molecule has 0 saturated carbocycles. The summed E-state index contributed by atoms with van der Waals surface area (Å²) in [7, 11) is 0. The van der Waals surface area contributed by atoms with Crippen LogP contribution in [0.1, 0.15) is 53.9 Å². The van der Waals surface area contributed by atoms with Crippen LogP contribution in [0, 0.1) is 11.3 Å². The molecule has 0 aromatic heterocycles. The summed E-state index contributed by atoms with van der Waals surface area (Å²) in [6.07, 6.45) is 3.82.